The summed E-state index contributed by atoms with van der Waals surface area (Å²) in [5.41, 5.74) is 6.02. The molecule has 0 bridgehead atoms. The van der Waals surface area contributed by atoms with Crippen molar-refractivity contribution in [3.05, 3.63) is 0 Å². The summed E-state index contributed by atoms with van der Waals surface area (Å²) in [7, 11) is 0. The molecule has 1 aliphatic carbocycles. The fraction of sp³-hybridized carbons (Fsp3) is 0.867. The summed E-state index contributed by atoms with van der Waals surface area (Å²) in [4.78, 5) is 23.4. The fourth-order valence-electron chi connectivity index (χ4n) is 2.66. The largest absolute Gasteiger partial charge is 0.354 e. The zero-order valence-corrected chi connectivity index (χ0v) is 13.0. The lowest BCUT2D eigenvalue weighted by Crippen LogP contribution is -2.49. The summed E-state index contributed by atoms with van der Waals surface area (Å²) in [6.45, 7) is 6.69. The van der Waals surface area contributed by atoms with Gasteiger partial charge in [-0.1, -0.05) is 33.6 Å². The molecular weight excluding hydrogens is 254 g/mol. The van der Waals surface area contributed by atoms with Crippen molar-refractivity contribution in [2.45, 2.75) is 58.9 Å². The van der Waals surface area contributed by atoms with Gasteiger partial charge < -0.3 is 16.4 Å². The molecule has 116 valence electrons. The summed E-state index contributed by atoms with van der Waals surface area (Å²) in [5, 5.41) is 5.53. The first-order valence-corrected chi connectivity index (χ1v) is 7.70. The maximum absolute atomic E-state index is 11.8. The number of nitrogens with two attached hydrogens (primary N) is 1. The van der Waals surface area contributed by atoms with E-state index in [4.69, 9.17) is 5.73 Å². The van der Waals surface area contributed by atoms with Gasteiger partial charge in [0.15, 0.2) is 0 Å². The normalized spacial score (nSPS) is 18.2. The number of carbonyl (C=O) groups is 2. The molecular formula is C15H29N3O2. The molecule has 5 heteroatoms. The van der Waals surface area contributed by atoms with Crippen LogP contribution < -0.4 is 16.4 Å². The lowest BCUT2D eigenvalue weighted by Gasteiger charge is -2.42. The minimum atomic E-state index is -0.555. The van der Waals surface area contributed by atoms with E-state index in [9.17, 15) is 9.59 Å². The van der Waals surface area contributed by atoms with Crippen LogP contribution in [0.2, 0.25) is 0 Å². The summed E-state index contributed by atoms with van der Waals surface area (Å²) >= 11 is 0. The van der Waals surface area contributed by atoms with Crippen LogP contribution in [-0.2, 0) is 9.59 Å². The number of rotatable bonds is 8. The third-order valence-corrected chi connectivity index (χ3v) is 4.30. The Kier molecular flexibility index (Phi) is 6.46. The Bertz CT molecular complexity index is 338. The maximum atomic E-state index is 11.8. The van der Waals surface area contributed by atoms with E-state index in [2.05, 4.69) is 17.6 Å². The molecule has 0 spiro atoms. The topological polar surface area (TPSA) is 84.2 Å². The van der Waals surface area contributed by atoms with Crippen LogP contribution in [0.5, 0.6) is 0 Å². The van der Waals surface area contributed by atoms with Gasteiger partial charge in [0.25, 0.3) is 0 Å². The molecule has 1 atom stereocenters. The molecule has 1 saturated carbocycles. The van der Waals surface area contributed by atoms with Gasteiger partial charge in [-0.2, -0.15) is 0 Å². The zero-order valence-electron chi connectivity index (χ0n) is 13.0. The first kappa shape index (κ1) is 17.0. The first-order valence-electron chi connectivity index (χ1n) is 7.70. The number of amides is 2. The standard InChI is InChI=1S/C15H29N3O2/c1-4-6-15(7-5-8-15)10-18-12(19)9-17-14(20)13(16)11(2)3/h11,13H,4-10,16H2,1-3H3,(H,17,20)(H,18,19)/t13-/m0/s1. The van der Waals surface area contributed by atoms with E-state index in [1.54, 1.807) is 0 Å². The molecule has 4 N–H and O–H groups in total. The van der Waals surface area contributed by atoms with E-state index in [1.807, 2.05) is 13.8 Å². The number of nitrogens with one attached hydrogen (secondary N) is 2. The van der Waals surface area contributed by atoms with Crippen molar-refractivity contribution in [3.63, 3.8) is 0 Å². The highest BCUT2D eigenvalue weighted by atomic mass is 16.2. The number of carbonyl (C=O) groups excluding carboxylic acids is 2. The van der Waals surface area contributed by atoms with Gasteiger partial charge in [-0.3, -0.25) is 9.59 Å². The molecule has 1 fully saturated rings. The van der Waals surface area contributed by atoms with Gasteiger partial charge in [-0.15, -0.1) is 0 Å². The summed E-state index contributed by atoms with van der Waals surface area (Å²) in [5.74, 6) is -0.320. The van der Waals surface area contributed by atoms with Crippen LogP contribution in [0.1, 0.15) is 52.9 Å². The molecule has 0 aromatic rings. The Morgan fingerprint density at radius 1 is 1.25 bits per heavy atom. The van der Waals surface area contributed by atoms with Gasteiger partial charge in [0.05, 0.1) is 12.6 Å². The minimum absolute atomic E-state index is 0.0153. The van der Waals surface area contributed by atoms with Gasteiger partial charge in [0.1, 0.15) is 0 Å². The van der Waals surface area contributed by atoms with Crippen LogP contribution in [0.25, 0.3) is 0 Å². The molecule has 5 nitrogen and oxygen atoms in total. The predicted molar refractivity (Wildman–Crippen MR) is 80.0 cm³/mol. The average molecular weight is 283 g/mol. The van der Waals surface area contributed by atoms with Gasteiger partial charge in [-0.25, -0.2) is 0 Å². The molecule has 1 rings (SSSR count). The van der Waals surface area contributed by atoms with Crippen LogP contribution >= 0.6 is 0 Å². The van der Waals surface area contributed by atoms with Crippen molar-refractivity contribution in [1.82, 2.24) is 10.6 Å². The molecule has 0 heterocycles. The third kappa shape index (κ3) is 4.78. The highest BCUT2D eigenvalue weighted by Crippen LogP contribution is 2.44. The highest BCUT2D eigenvalue weighted by molar-refractivity contribution is 5.87. The van der Waals surface area contributed by atoms with Crippen LogP contribution in [-0.4, -0.2) is 30.9 Å². The average Bonchev–Trinajstić information content (AvgIpc) is 2.37. The molecule has 1 aliphatic rings. The van der Waals surface area contributed by atoms with Crippen molar-refractivity contribution in [1.29, 1.82) is 0 Å². The first-order chi connectivity index (χ1) is 9.40. The van der Waals surface area contributed by atoms with Crippen LogP contribution in [0.15, 0.2) is 0 Å². The van der Waals surface area contributed by atoms with E-state index < -0.39 is 6.04 Å². The Labute approximate surface area is 122 Å². The van der Waals surface area contributed by atoms with Crippen molar-refractivity contribution in [2.24, 2.45) is 17.1 Å². The van der Waals surface area contributed by atoms with Crippen molar-refractivity contribution in [3.8, 4) is 0 Å². The van der Waals surface area contributed by atoms with Crippen LogP contribution in [0, 0.1) is 11.3 Å². The molecule has 0 radical (unpaired) electrons. The fourth-order valence-corrected chi connectivity index (χ4v) is 2.66. The lowest BCUT2D eigenvalue weighted by molar-refractivity contribution is -0.127. The second kappa shape index (κ2) is 7.62. The molecule has 0 aromatic heterocycles. The monoisotopic (exact) mass is 283 g/mol. The molecule has 0 aromatic carbocycles. The smallest absolute Gasteiger partial charge is 0.239 e. The number of hydrogen-bond donors (Lipinski definition) is 3. The van der Waals surface area contributed by atoms with Crippen molar-refractivity contribution >= 4 is 11.8 Å². The van der Waals surface area contributed by atoms with E-state index in [0.29, 0.717) is 5.41 Å². The van der Waals surface area contributed by atoms with Crippen LogP contribution in [0.4, 0.5) is 0 Å². The molecule has 0 aliphatic heterocycles. The van der Waals surface area contributed by atoms with Gasteiger partial charge in [-0.05, 0) is 30.6 Å². The van der Waals surface area contributed by atoms with E-state index in [1.165, 1.54) is 19.3 Å². The number of hydrogen-bond acceptors (Lipinski definition) is 3. The quantitative estimate of drug-likeness (QED) is 0.625. The molecule has 0 saturated heterocycles. The Morgan fingerprint density at radius 2 is 1.90 bits per heavy atom. The van der Waals surface area contributed by atoms with E-state index in [-0.39, 0.29) is 24.3 Å². The van der Waals surface area contributed by atoms with Crippen LogP contribution in [0.3, 0.4) is 0 Å². The van der Waals surface area contributed by atoms with E-state index >= 15 is 0 Å². The molecule has 0 unspecified atom stereocenters. The summed E-state index contributed by atoms with van der Waals surface area (Å²) in [6, 6.07) is -0.555. The second-order valence-corrected chi connectivity index (χ2v) is 6.37. The Hall–Kier alpha value is -1.10. The highest BCUT2D eigenvalue weighted by Gasteiger charge is 2.35. The summed E-state index contributed by atoms with van der Waals surface area (Å²) < 4.78 is 0. The molecule has 2 amide bonds. The Morgan fingerprint density at radius 3 is 2.35 bits per heavy atom. The lowest BCUT2D eigenvalue weighted by atomic mass is 9.66. The van der Waals surface area contributed by atoms with Gasteiger partial charge in [0, 0.05) is 6.54 Å². The van der Waals surface area contributed by atoms with Crippen molar-refractivity contribution in [2.75, 3.05) is 13.1 Å². The van der Waals surface area contributed by atoms with Gasteiger partial charge in [0.2, 0.25) is 11.8 Å². The molecule has 20 heavy (non-hydrogen) atoms. The SMILES string of the molecule is CCCC1(CNC(=O)CNC(=O)[C@@H](N)C(C)C)CCC1. The zero-order chi connectivity index (χ0) is 15.2. The van der Waals surface area contributed by atoms with Gasteiger partial charge >= 0.3 is 0 Å². The third-order valence-electron chi connectivity index (χ3n) is 4.30. The van der Waals surface area contributed by atoms with Crippen molar-refractivity contribution < 1.29 is 9.59 Å². The minimum Gasteiger partial charge on any atom is -0.354 e. The summed E-state index contributed by atoms with van der Waals surface area (Å²) in [6.07, 6.45) is 5.97. The maximum Gasteiger partial charge on any atom is 0.239 e. The second-order valence-electron chi connectivity index (χ2n) is 6.37. The predicted octanol–water partition coefficient (Wildman–Crippen LogP) is 1.17. The Balaban J connectivity index is 2.25. The van der Waals surface area contributed by atoms with E-state index in [0.717, 1.165) is 19.4 Å².